The Balaban J connectivity index is 2.73. The molecule has 2 heterocycles. The molecule has 0 aliphatic heterocycles. The lowest BCUT2D eigenvalue weighted by Crippen LogP contribution is -2.12. The van der Waals surface area contributed by atoms with Crippen molar-refractivity contribution in [3.8, 4) is 0 Å². The average molecular weight is 162 g/mol. The van der Waals surface area contributed by atoms with Crippen molar-refractivity contribution in [3.63, 3.8) is 0 Å². The minimum absolute atomic E-state index is 0.876. The highest BCUT2D eigenvalue weighted by Gasteiger charge is 2.01. The van der Waals surface area contributed by atoms with E-state index in [-0.39, 0.29) is 0 Å². The highest BCUT2D eigenvalue weighted by molar-refractivity contribution is 5.49. The summed E-state index contributed by atoms with van der Waals surface area (Å²) in [5.74, 6) is 1.08. The van der Waals surface area contributed by atoms with E-state index in [4.69, 9.17) is 0 Å². The standard InChI is InChI=1S/C8H10N4/c1-11(2)8-5-3-4-7-10-9-6-12(7)8/h3-6H,1-2H3. The fourth-order valence-electron chi connectivity index (χ4n) is 1.20. The van der Waals surface area contributed by atoms with Gasteiger partial charge in [-0.3, -0.25) is 4.40 Å². The van der Waals surface area contributed by atoms with E-state index in [1.807, 2.05) is 41.6 Å². The van der Waals surface area contributed by atoms with Crippen molar-refractivity contribution >= 4 is 11.5 Å². The Morgan fingerprint density at radius 2 is 2.17 bits per heavy atom. The van der Waals surface area contributed by atoms with Crippen LogP contribution in [0.4, 0.5) is 5.82 Å². The number of nitrogens with zero attached hydrogens (tertiary/aromatic N) is 4. The number of pyridine rings is 1. The third-order valence-electron chi connectivity index (χ3n) is 1.77. The number of hydrogen-bond acceptors (Lipinski definition) is 3. The molecule has 0 spiro atoms. The van der Waals surface area contributed by atoms with Gasteiger partial charge in [0.2, 0.25) is 0 Å². The Bertz CT molecular complexity index is 391. The molecule has 0 amide bonds. The highest BCUT2D eigenvalue weighted by atomic mass is 15.3. The van der Waals surface area contributed by atoms with E-state index in [0.717, 1.165) is 11.5 Å². The van der Waals surface area contributed by atoms with Crippen LogP contribution in [-0.4, -0.2) is 28.7 Å². The van der Waals surface area contributed by atoms with E-state index in [2.05, 4.69) is 10.2 Å². The lowest BCUT2D eigenvalue weighted by atomic mass is 10.4. The van der Waals surface area contributed by atoms with Crippen molar-refractivity contribution < 1.29 is 0 Å². The van der Waals surface area contributed by atoms with Crippen LogP contribution >= 0.6 is 0 Å². The maximum atomic E-state index is 3.95. The van der Waals surface area contributed by atoms with E-state index < -0.39 is 0 Å². The van der Waals surface area contributed by atoms with Crippen molar-refractivity contribution in [1.82, 2.24) is 14.6 Å². The number of fused-ring (bicyclic) bond motifs is 1. The quantitative estimate of drug-likeness (QED) is 0.621. The molecular formula is C8H10N4. The zero-order valence-electron chi connectivity index (χ0n) is 7.10. The fraction of sp³-hybridized carbons (Fsp3) is 0.250. The minimum Gasteiger partial charge on any atom is -0.364 e. The van der Waals surface area contributed by atoms with Crippen LogP contribution in [0.1, 0.15) is 0 Å². The van der Waals surface area contributed by atoms with Crippen molar-refractivity contribution in [2.24, 2.45) is 0 Å². The van der Waals surface area contributed by atoms with E-state index in [1.54, 1.807) is 6.33 Å². The summed E-state index contributed by atoms with van der Waals surface area (Å²) < 4.78 is 1.94. The monoisotopic (exact) mass is 162 g/mol. The molecule has 0 bridgehead atoms. The van der Waals surface area contributed by atoms with Gasteiger partial charge >= 0.3 is 0 Å². The van der Waals surface area contributed by atoms with Gasteiger partial charge in [-0.05, 0) is 12.1 Å². The molecule has 0 N–H and O–H groups in total. The van der Waals surface area contributed by atoms with Crippen LogP contribution in [0.3, 0.4) is 0 Å². The van der Waals surface area contributed by atoms with Crippen molar-refractivity contribution in [2.45, 2.75) is 0 Å². The molecule has 4 heteroatoms. The Morgan fingerprint density at radius 3 is 2.92 bits per heavy atom. The Morgan fingerprint density at radius 1 is 1.33 bits per heavy atom. The molecule has 0 atom stereocenters. The SMILES string of the molecule is CN(C)c1cccc2nncn12. The number of rotatable bonds is 1. The molecule has 0 aliphatic rings. The first-order valence-electron chi connectivity index (χ1n) is 3.75. The molecule has 2 rings (SSSR count). The van der Waals surface area contributed by atoms with Crippen LogP contribution in [0, 0.1) is 0 Å². The number of aromatic nitrogens is 3. The zero-order valence-corrected chi connectivity index (χ0v) is 7.10. The zero-order chi connectivity index (χ0) is 8.55. The molecule has 0 aliphatic carbocycles. The second-order valence-electron chi connectivity index (χ2n) is 2.84. The van der Waals surface area contributed by atoms with Crippen molar-refractivity contribution in [3.05, 3.63) is 24.5 Å². The van der Waals surface area contributed by atoms with Gasteiger partial charge in [-0.2, -0.15) is 0 Å². The molecule has 12 heavy (non-hydrogen) atoms. The summed E-state index contributed by atoms with van der Waals surface area (Å²) in [6.45, 7) is 0. The molecule has 2 aromatic rings. The summed E-state index contributed by atoms with van der Waals surface area (Å²) in [6.07, 6.45) is 1.71. The predicted octanol–water partition coefficient (Wildman–Crippen LogP) is 0.795. The van der Waals surface area contributed by atoms with Gasteiger partial charge in [0.25, 0.3) is 0 Å². The first kappa shape index (κ1) is 7.09. The van der Waals surface area contributed by atoms with Crippen LogP contribution in [0.25, 0.3) is 5.65 Å². The maximum Gasteiger partial charge on any atom is 0.162 e. The fourth-order valence-corrected chi connectivity index (χ4v) is 1.20. The lowest BCUT2D eigenvalue weighted by molar-refractivity contribution is 1.02. The van der Waals surface area contributed by atoms with Gasteiger partial charge in [-0.25, -0.2) is 0 Å². The molecule has 0 aromatic carbocycles. The third-order valence-corrected chi connectivity index (χ3v) is 1.77. The topological polar surface area (TPSA) is 33.4 Å². The van der Waals surface area contributed by atoms with Crippen LogP contribution in [0.5, 0.6) is 0 Å². The second kappa shape index (κ2) is 2.48. The summed E-state index contributed by atoms with van der Waals surface area (Å²) in [6, 6.07) is 5.93. The van der Waals surface area contributed by atoms with Gasteiger partial charge in [0.15, 0.2) is 5.65 Å². The molecular weight excluding hydrogens is 152 g/mol. The van der Waals surface area contributed by atoms with Crippen LogP contribution in [-0.2, 0) is 0 Å². The summed E-state index contributed by atoms with van der Waals surface area (Å²) in [5, 5.41) is 7.78. The minimum atomic E-state index is 0.876. The van der Waals surface area contributed by atoms with Crippen molar-refractivity contribution in [1.29, 1.82) is 0 Å². The molecule has 2 aromatic heterocycles. The van der Waals surface area contributed by atoms with Crippen LogP contribution in [0.15, 0.2) is 24.5 Å². The Labute approximate surface area is 70.4 Å². The highest BCUT2D eigenvalue weighted by Crippen LogP contribution is 2.11. The number of hydrogen-bond donors (Lipinski definition) is 0. The Kier molecular flexibility index (Phi) is 1.46. The van der Waals surface area contributed by atoms with E-state index in [1.165, 1.54) is 0 Å². The van der Waals surface area contributed by atoms with Gasteiger partial charge in [-0.15, -0.1) is 10.2 Å². The van der Waals surface area contributed by atoms with Crippen LogP contribution < -0.4 is 4.90 Å². The van der Waals surface area contributed by atoms with Gasteiger partial charge in [0.05, 0.1) is 0 Å². The molecule has 0 saturated heterocycles. The molecule has 4 nitrogen and oxygen atoms in total. The van der Waals surface area contributed by atoms with Gasteiger partial charge < -0.3 is 4.90 Å². The first-order valence-corrected chi connectivity index (χ1v) is 3.75. The predicted molar refractivity (Wildman–Crippen MR) is 47.3 cm³/mol. The van der Waals surface area contributed by atoms with E-state index in [0.29, 0.717) is 0 Å². The first-order chi connectivity index (χ1) is 5.79. The largest absolute Gasteiger partial charge is 0.364 e. The molecule has 0 fully saturated rings. The molecule has 62 valence electrons. The molecule has 0 radical (unpaired) electrons. The average Bonchev–Trinajstić information content (AvgIpc) is 2.49. The van der Waals surface area contributed by atoms with Gasteiger partial charge in [-0.1, -0.05) is 6.07 Å². The normalized spacial score (nSPS) is 10.5. The van der Waals surface area contributed by atoms with E-state index >= 15 is 0 Å². The van der Waals surface area contributed by atoms with E-state index in [9.17, 15) is 0 Å². The number of anilines is 1. The molecule has 0 saturated carbocycles. The molecule has 0 unspecified atom stereocenters. The summed E-state index contributed by atoms with van der Waals surface area (Å²) in [4.78, 5) is 2.02. The second-order valence-corrected chi connectivity index (χ2v) is 2.84. The lowest BCUT2D eigenvalue weighted by Gasteiger charge is -2.13. The van der Waals surface area contributed by atoms with Crippen LogP contribution in [0.2, 0.25) is 0 Å². The van der Waals surface area contributed by atoms with Gasteiger partial charge in [0.1, 0.15) is 12.1 Å². The summed E-state index contributed by atoms with van der Waals surface area (Å²) >= 11 is 0. The third kappa shape index (κ3) is 0.922. The maximum absolute atomic E-state index is 3.95. The van der Waals surface area contributed by atoms with Gasteiger partial charge in [0, 0.05) is 14.1 Å². The summed E-state index contributed by atoms with van der Waals surface area (Å²) in [5.41, 5.74) is 0.876. The van der Waals surface area contributed by atoms with Crippen molar-refractivity contribution in [2.75, 3.05) is 19.0 Å². The summed E-state index contributed by atoms with van der Waals surface area (Å²) in [7, 11) is 3.99. The Hall–Kier alpha value is -1.58. The smallest absolute Gasteiger partial charge is 0.162 e.